The molecule has 0 amide bonds. The molecule has 2 atom stereocenters. The number of nitrogens with one attached hydrogen (secondary N) is 1. The molecule has 0 bridgehead atoms. The Morgan fingerprint density at radius 1 is 1.19 bits per heavy atom. The van der Waals surface area contributed by atoms with E-state index in [0.717, 1.165) is 17.2 Å². The molecule has 3 rings (SSSR count). The first-order valence-electron chi connectivity index (χ1n) is 7.80. The highest BCUT2D eigenvalue weighted by atomic mass is 35.5. The number of halogens is 1. The summed E-state index contributed by atoms with van der Waals surface area (Å²) in [6.45, 7) is 8.23. The summed E-state index contributed by atoms with van der Waals surface area (Å²) in [6, 6.07) is 4.30. The summed E-state index contributed by atoms with van der Waals surface area (Å²) in [4.78, 5) is 0. The summed E-state index contributed by atoms with van der Waals surface area (Å²) >= 11 is 6.39. The number of hydrogen-bond donors (Lipinski definition) is 1. The normalized spacial score (nSPS) is 27.2. The van der Waals surface area contributed by atoms with Gasteiger partial charge in [-0.15, -0.1) is 0 Å². The first-order chi connectivity index (χ1) is 9.94. The Balaban J connectivity index is 1.76. The van der Waals surface area contributed by atoms with E-state index in [1.807, 2.05) is 12.1 Å². The van der Waals surface area contributed by atoms with Crippen LogP contribution in [-0.2, 0) is 0 Å². The molecule has 0 saturated heterocycles. The first-order valence-corrected chi connectivity index (χ1v) is 8.18. The summed E-state index contributed by atoms with van der Waals surface area (Å²) in [7, 11) is 0. The quantitative estimate of drug-likeness (QED) is 0.856. The lowest BCUT2D eigenvalue weighted by Crippen LogP contribution is -2.37. The standard InChI is InChI=1S/C17H24ClNO2/c1-11-10-17(2,3)5-4-13(11)19-14-9-16-15(8-12(14)18)20-6-7-21-16/h8-9,11,13,19H,4-7,10H2,1-3H3. The molecule has 1 aliphatic heterocycles. The molecule has 0 radical (unpaired) electrons. The van der Waals surface area contributed by atoms with Crippen LogP contribution < -0.4 is 14.8 Å². The fraction of sp³-hybridized carbons (Fsp3) is 0.647. The second-order valence-corrected chi connectivity index (χ2v) is 7.52. The lowest BCUT2D eigenvalue weighted by molar-refractivity contribution is 0.171. The lowest BCUT2D eigenvalue weighted by atomic mass is 9.70. The zero-order valence-electron chi connectivity index (χ0n) is 13.0. The number of ether oxygens (including phenoxy) is 2. The molecule has 0 aromatic heterocycles. The first kappa shape index (κ1) is 14.8. The zero-order valence-corrected chi connectivity index (χ0v) is 13.8. The molecular weight excluding hydrogens is 286 g/mol. The van der Waals surface area contributed by atoms with Crippen molar-refractivity contribution in [3.05, 3.63) is 17.2 Å². The third kappa shape index (κ3) is 3.23. The number of benzene rings is 1. The van der Waals surface area contributed by atoms with Gasteiger partial charge < -0.3 is 14.8 Å². The molecule has 116 valence electrons. The Morgan fingerprint density at radius 3 is 2.52 bits per heavy atom. The maximum atomic E-state index is 6.39. The van der Waals surface area contributed by atoms with Crippen LogP contribution in [0, 0.1) is 11.3 Å². The van der Waals surface area contributed by atoms with E-state index in [1.54, 1.807) is 0 Å². The van der Waals surface area contributed by atoms with Gasteiger partial charge in [0.1, 0.15) is 13.2 Å². The second kappa shape index (κ2) is 5.60. The Hall–Kier alpha value is -1.09. The molecule has 21 heavy (non-hydrogen) atoms. The van der Waals surface area contributed by atoms with E-state index in [1.165, 1.54) is 19.3 Å². The average Bonchev–Trinajstić information content (AvgIpc) is 2.42. The topological polar surface area (TPSA) is 30.5 Å². The van der Waals surface area contributed by atoms with E-state index in [9.17, 15) is 0 Å². The summed E-state index contributed by atoms with van der Waals surface area (Å²) in [5.74, 6) is 2.17. The molecule has 1 N–H and O–H groups in total. The smallest absolute Gasteiger partial charge is 0.163 e. The summed E-state index contributed by atoms with van der Waals surface area (Å²) < 4.78 is 11.2. The third-order valence-electron chi connectivity index (χ3n) is 4.67. The van der Waals surface area contributed by atoms with Gasteiger partial charge in [-0.2, -0.15) is 0 Å². The Bertz CT molecular complexity index is 530. The van der Waals surface area contributed by atoms with Crippen LogP contribution in [-0.4, -0.2) is 19.3 Å². The Labute approximate surface area is 132 Å². The third-order valence-corrected chi connectivity index (χ3v) is 4.98. The molecule has 1 aromatic carbocycles. The van der Waals surface area contributed by atoms with Crippen molar-refractivity contribution in [2.45, 2.75) is 46.1 Å². The molecule has 1 heterocycles. The van der Waals surface area contributed by atoms with E-state index < -0.39 is 0 Å². The van der Waals surface area contributed by atoms with Crippen LogP contribution in [0.3, 0.4) is 0 Å². The molecular formula is C17H24ClNO2. The van der Waals surface area contributed by atoms with Crippen molar-refractivity contribution in [3.63, 3.8) is 0 Å². The van der Waals surface area contributed by atoms with E-state index in [0.29, 0.717) is 35.6 Å². The van der Waals surface area contributed by atoms with Crippen molar-refractivity contribution in [3.8, 4) is 11.5 Å². The molecule has 2 unspecified atom stereocenters. The summed E-state index contributed by atoms with van der Waals surface area (Å²) in [5, 5.41) is 4.32. The molecule has 1 saturated carbocycles. The predicted octanol–water partition coefficient (Wildman–Crippen LogP) is 4.74. The fourth-order valence-electron chi connectivity index (χ4n) is 3.54. The van der Waals surface area contributed by atoms with Crippen molar-refractivity contribution in [2.24, 2.45) is 11.3 Å². The van der Waals surface area contributed by atoms with Crippen LogP contribution in [0.5, 0.6) is 11.5 Å². The fourth-order valence-corrected chi connectivity index (χ4v) is 3.74. The van der Waals surface area contributed by atoms with Crippen molar-refractivity contribution >= 4 is 17.3 Å². The van der Waals surface area contributed by atoms with Crippen LogP contribution >= 0.6 is 11.6 Å². The van der Waals surface area contributed by atoms with Crippen LogP contribution in [0.2, 0.25) is 5.02 Å². The van der Waals surface area contributed by atoms with Gasteiger partial charge >= 0.3 is 0 Å². The molecule has 2 aliphatic rings. The number of fused-ring (bicyclic) bond motifs is 1. The highest BCUT2D eigenvalue weighted by Crippen LogP contribution is 2.42. The Morgan fingerprint density at radius 2 is 1.86 bits per heavy atom. The van der Waals surface area contributed by atoms with Crippen molar-refractivity contribution in [1.82, 2.24) is 0 Å². The van der Waals surface area contributed by atoms with Crippen LogP contribution in [0.4, 0.5) is 5.69 Å². The van der Waals surface area contributed by atoms with Crippen molar-refractivity contribution in [1.29, 1.82) is 0 Å². The average molecular weight is 310 g/mol. The number of rotatable bonds is 2. The molecule has 0 spiro atoms. The van der Waals surface area contributed by atoms with Crippen LogP contribution in [0.15, 0.2) is 12.1 Å². The minimum atomic E-state index is 0.453. The summed E-state index contributed by atoms with van der Waals surface area (Å²) in [6.07, 6.45) is 3.67. The van der Waals surface area contributed by atoms with Gasteiger partial charge in [0.05, 0.1) is 10.7 Å². The van der Waals surface area contributed by atoms with Crippen molar-refractivity contribution in [2.75, 3.05) is 18.5 Å². The van der Waals surface area contributed by atoms with Gasteiger partial charge in [-0.1, -0.05) is 32.4 Å². The van der Waals surface area contributed by atoms with Gasteiger partial charge in [0.2, 0.25) is 0 Å². The van der Waals surface area contributed by atoms with Gasteiger partial charge in [0.15, 0.2) is 11.5 Å². The maximum absolute atomic E-state index is 6.39. The second-order valence-electron chi connectivity index (χ2n) is 7.11. The van der Waals surface area contributed by atoms with Gasteiger partial charge in [-0.05, 0) is 30.6 Å². The monoisotopic (exact) mass is 309 g/mol. The molecule has 1 aliphatic carbocycles. The summed E-state index contributed by atoms with van der Waals surface area (Å²) in [5.41, 5.74) is 1.41. The van der Waals surface area contributed by atoms with E-state index in [2.05, 4.69) is 26.1 Å². The number of anilines is 1. The van der Waals surface area contributed by atoms with Crippen LogP contribution in [0.25, 0.3) is 0 Å². The van der Waals surface area contributed by atoms with Gasteiger partial charge in [0.25, 0.3) is 0 Å². The van der Waals surface area contributed by atoms with Crippen LogP contribution in [0.1, 0.15) is 40.0 Å². The maximum Gasteiger partial charge on any atom is 0.163 e. The predicted molar refractivity (Wildman–Crippen MR) is 86.6 cm³/mol. The Kier molecular flexibility index (Phi) is 3.96. The minimum absolute atomic E-state index is 0.453. The van der Waals surface area contributed by atoms with E-state index in [-0.39, 0.29) is 0 Å². The zero-order chi connectivity index (χ0) is 15.0. The van der Waals surface area contributed by atoms with Gasteiger partial charge in [-0.25, -0.2) is 0 Å². The number of hydrogen-bond acceptors (Lipinski definition) is 3. The highest BCUT2D eigenvalue weighted by Gasteiger charge is 2.32. The largest absolute Gasteiger partial charge is 0.486 e. The van der Waals surface area contributed by atoms with Gasteiger partial charge in [0, 0.05) is 18.2 Å². The van der Waals surface area contributed by atoms with E-state index >= 15 is 0 Å². The van der Waals surface area contributed by atoms with Crippen molar-refractivity contribution < 1.29 is 9.47 Å². The minimum Gasteiger partial charge on any atom is -0.486 e. The molecule has 1 fully saturated rings. The lowest BCUT2D eigenvalue weighted by Gasteiger charge is -2.40. The molecule has 1 aromatic rings. The van der Waals surface area contributed by atoms with Gasteiger partial charge in [-0.3, -0.25) is 0 Å². The molecule has 3 nitrogen and oxygen atoms in total. The highest BCUT2D eigenvalue weighted by molar-refractivity contribution is 6.33. The van der Waals surface area contributed by atoms with E-state index in [4.69, 9.17) is 21.1 Å². The molecule has 4 heteroatoms. The SMILES string of the molecule is CC1CC(C)(C)CCC1Nc1cc2c(cc1Cl)OCCO2.